The minimum atomic E-state index is -1.08. The average Bonchev–Trinajstić information content (AvgIpc) is 2.97. The molecule has 0 bridgehead atoms. The number of hydrogen-bond donors (Lipinski definition) is 0. The Balaban J connectivity index is 1.60. The molecule has 2 amide bonds. The molecule has 4 rings (SSSR count). The highest BCUT2D eigenvalue weighted by Gasteiger charge is 2.44. The van der Waals surface area contributed by atoms with E-state index in [1.165, 1.54) is 6.07 Å². The number of esters is 1. The van der Waals surface area contributed by atoms with E-state index in [9.17, 15) is 19.2 Å². The Labute approximate surface area is 178 Å². The zero-order valence-electron chi connectivity index (χ0n) is 17.4. The van der Waals surface area contributed by atoms with Crippen LogP contribution in [0, 0.1) is 12.8 Å². The van der Waals surface area contributed by atoms with Crippen LogP contribution in [-0.2, 0) is 16.1 Å². The van der Waals surface area contributed by atoms with Gasteiger partial charge in [-0.3, -0.25) is 14.5 Å². The average molecular weight is 419 g/mol. The first-order chi connectivity index (χ1) is 14.8. The maximum Gasteiger partial charge on any atom is 0.336 e. The van der Waals surface area contributed by atoms with Crippen LogP contribution in [0.15, 0.2) is 57.7 Å². The van der Waals surface area contributed by atoms with Crippen LogP contribution in [0.1, 0.15) is 45.7 Å². The van der Waals surface area contributed by atoms with Gasteiger partial charge in [0.15, 0.2) is 0 Å². The fourth-order valence-electron chi connectivity index (χ4n) is 3.83. The quantitative estimate of drug-likeness (QED) is 0.357. The molecule has 7 nitrogen and oxygen atoms in total. The van der Waals surface area contributed by atoms with Gasteiger partial charge >= 0.3 is 11.6 Å². The van der Waals surface area contributed by atoms with E-state index in [2.05, 4.69) is 0 Å². The lowest BCUT2D eigenvalue weighted by Crippen LogP contribution is -2.48. The highest BCUT2D eigenvalue weighted by Crippen LogP contribution is 2.28. The molecule has 31 heavy (non-hydrogen) atoms. The van der Waals surface area contributed by atoms with Crippen LogP contribution in [0.5, 0.6) is 0 Å². The molecule has 2 aromatic carbocycles. The number of rotatable bonds is 5. The molecule has 7 heteroatoms. The van der Waals surface area contributed by atoms with Crippen molar-refractivity contribution < 1.29 is 23.5 Å². The number of carbonyl (C=O) groups excluding carboxylic acids is 3. The minimum Gasteiger partial charge on any atom is -0.459 e. The van der Waals surface area contributed by atoms with Crippen LogP contribution in [0.3, 0.4) is 0 Å². The highest BCUT2D eigenvalue weighted by atomic mass is 16.5. The predicted octanol–water partition coefficient (Wildman–Crippen LogP) is 3.47. The van der Waals surface area contributed by atoms with Gasteiger partial charge in [-0.2, -0.15) is 0 Å². The first-order valence-electron chi connectivity index (χ1n) is 9.95. The summed E-state index contributed by atoms with van der Waals surface area (Å²) < 4.78 is 10.7. The Morgan fingerprint density at radius 3 is 2.26 bits per heavy atom. The van der Waals surface area contributed by atoms with Crippen molar-refractivity contribution in [1.82, 2.24) is 4.90 Å². The number of hydrogen-bond acceptors (Lipinski definition) is 6. The fourth-order valence-corrected chi connectivity index (χ4v) is 3.83. The Kier molecular flexibility index (Phi) is 5.19. The van der Waals surface area contributed by atoms with Gasteiger partial charge in [-0.25, -0.2) is 9.59 Å². The third kappa shape index (κ3) is 3.63. The molecule has 0 saturated heterocycles. The summed E-state index contributed by atoms with van der Waals surface area (Å²) in [6.45, 7) is 5.17. The molecule has 0 unspecified atom stereocenters. The number of nitrogens with zero attached hydrogens (tertiary/aromatic N) is 1. The molecule has 1 aliphatic rings. The number of amides is 2. The number of benzene rings is 2. The maximum atomic E-state index is 13.0. The van der Waals surface area contributed by atoms with Crippen molar-refractivity contribution in [3.63, 3.8) is 0 Å². The summed E-state index contributed by atoms with van der Waals surface area (Å²) in [5.74, 6) is -2.11. The summed E-state index contributed by atoms with van der Waals surface area (Å²) in [6, 6.07) is 12.1. The molecule has 0 fully saturated rings. The van der Waals surface area contributed by atoms with Gasteiger partial charge in [-0.15, -0.1) is 0 Å². The van der Waals surface area contributed by atoms with Crippen LogP contribution >= 0.6 is 0 Å². The largest absolute Gasteiger partial charge is 0.459 e. The molecule has 0 radical (unpaired) electrons. The number of imide groups is 1. The third-order valence-electron chi connectivity index (χ3n) is 5.33. The van der Waals surface area contributed by atoms with E-state index >= 15 is 0 Å². The standard InChI is InChI=1S/C24H21NO6/c1-13(2)21(25-22(27)17-6-4-5-7-18(17)23(25)28)24(29)30-12-15-11-20(26)31-19-10-14(3)8-9-16(15)19/h4-11,13,21H,12H2,1-3H3/t21-/m1/s1. The molecule has 1 aliphatic heterocycles. The van der Waals surface area contributed by atoms with Gasteiger partial charge in [0.25, 0.3) is 11.8 Å². The van der Waals surface area contributed by atoms with Crippen LogP contribution in [0.25, 0.3) is 11.0 Å². The van der Waals surface area contributed by atoms with Crippen LogP contribution in [-0.4, -0.2) is 28.7 Å². The number of ether oxygens (including phenoxy) is 1. The SMILES string of the molecule is Cc1ccc2c(COC(=O)[C@@H](C(C)C)N3C(=O)c4ccccc4C3=O)cc(=O)oc2c1. The van der Waals surface area contributed by atoms with E-state index in [-0.39, 0.29) is 23.7 Å². The van der Waals surface area contributed by atoms with Crippen LogP contribution < -0.4 is 5.63 Å². The lowest BCUT2D eigenvalue weighted by atomic mass is 10.0. The molecule has 1 aromatic heterocycles. The lowest BCUT2D eigenvalue weighted by molar-refractivity contribution is -0.151. The lowest BCUT2D eigenvalue weighted by Gasteiger charge is -2.27. The Bertz CT molecular complexity index is 1240. The van der Waals surface area contributed by atoms with Crippen molar-refractivity contribution in [2.45, 2.75) is 33.4 Å². The van der Waals surface area contributed by atoms with E-state index in [0.29, 0.717) is 16.5 Å². The highest BCUT2D eigenvalue weighted by molar-refractivity contribution is 6.22. The number of aryl methyl sites for hydroxylation is 1. The molecular formula is C24H21NO6. The summed E-state index contributed by atoms with van der Waals surface area (Å²) in [5.41, 5.74) is 1.81. The van der Waals surface area contributed by atoms with E-state index in [0.717, 1.165) is 10.5 Å². The first kappa shape index (κ1) is 20.5. The van der Waals surface area contributed by atoms with E-state index in [1.54, 1.807) is 50.2 Å². The Morgan fingerprint density at radius 1 is 1.00 bits per heavy atom. The van der Waals surface area contributed by atoms with E-state index < -0.39 is 29.5 Å². The fraction of sp³-hybridized carbons (Fsp3) is 0.250. The molecule has 158 valence electrons. The van der Waals surface area contributed by atoms with Crippen LogP contribution in [0.4, 0.5) is 0 Å². The van der Waals surface area contributed by atoms with E-state index in [1.807, 2.05) is 13.0 Å². The molecule has 0 spiro atoms. The van der Waals surface area contributed by atoms with Crippen LogP contribution in [0.2, 0.25) is 0 Å². The summed E-state index contributed by atoms with van der Waals surface area (Å²) in [4.78, 5) is 51.5. The second kappa shape index (κ2) is 7.83. The summed E-state index contributed by atoms with van der Waals surface area (Å²) >= 11 is 0. The van der Waals surface area contributed by atoms with Gasteiger partial charge in [-0.05, 0) is 36.6 Å². The zero-order chi connectivity index (χ0) is 22.3. The number of carbonyl (C=O) groups is 3. The second-order valence-electron chi connectivity index (χ2n) is 7.91. The molecular weight excluding hydrogens is 398 g/mol. The Hall–Kier alpha value is -3.74. The Morgan fingerprint density at radius 2 is 1.65 bits per heavy atom. The third-order valence-corrected chi connectivity index (χ3v) is 5.33. The smallest absolute Gasteiger partial charge is 0.336 e. The second-order valence-corrected chi connectivity index (χ2v) is 7.91. The van der Waals surface area contributed by atoms with Gasteiger partial charge in [0, 0.05) is 17.0 Å². The summed E-state index contributed by atoms with van der Waals surface area (Å²) in [5, 5.41) is 0.653. The number of fused-ring (bicyclic) bond motifs is 2. The van der Waals surface area contributed by atoms with E-state index in [4.69, 9.17) is 9.15 Å². The van der Waals surface area contributed by atoms with Crippen molar-refractivity contribution >= 4 is 28.8 Å². The monoisotopic (exact) mass is 419 g/mol. The normalized spacial score (nSPS) is 14.3. The van der Waals surface area contributed by atoms with Gasteiger partial charge in [0.2, 0.25) is 0 Å². The minimum absolute atomic E-state index is 0.184. The van der Waals surface area contributed by atoms with Gasteiger partial charge in [0.1, 0.15) is 18.2 Å². The van der Waals surface area contributed by atoms with Crippen molar-refractivity contribution in [2.24, 2.45) is 5.92 Å². The molecule has 0 aliphatic carbocycles. The summed E-state index contributed by atoms with van der Waals surface area (Å²) in [7, 11) is 0. The molecule has 1 atom stereocenters. The topological polar surface area (TPSA) is 93.9 Å². The molecule has 2 heterocycles. The maximum absolute atomic E-state index is 13.0. The van der Waals surface area contributed by atoms with Crippen molar-refractivity contribution in [3.05, 3.63) is 81.2 Å². The van der Waals surface area contributed by atoms with Crippen molar-refractivity contribution in [1.29, 1.82) is 0 Å². The van der Waals surface area contributed by atoms with Gasteiger partial charge in [0.05, 0.1) is 11.1 Å². The zero-order valence-corrected chi connectivity index (χ0v) is 17.4. The van der Waals surface area contributed by atoms with Gasteiger partial charge in [-0.1, -0.05) is 38.1 Å². The van der Waals surface area contributed by atoms with Gasteiger partial charge < -0.3 is 9.15 Å². The molecule has 0 N–H and O–H groups in total. The summed E-state index contributed by atoms with van der Waals surface area (Å²) in [6.07, 6.45) is 0. The van der Waals surface area contributed by atoms with Crippen molar-refractivity contribution in [2.75, 3.05) is 0 Å². The first-order valence-corrected chi connectivity index (χ1v) is 9.95. The van der Waals surface area contributed by atoms with Crippen molar-refractivity contribution in [3.8, 4) is 0 Å². The molecule has 0 saturated carbocycles. The molecule has 3 aromatic rings. The predicted molar refractivity (Wildman–Crippen MR) is 113 cm³/mol.